The Hall–Kier alpha value is -4.59. The summed E-state index contributed by atoms with van der Waals surface area (Å²) >= 11 is 0. The van der Waals surface area contributed by atoms with Gasteiger partial charge in [0.15, 0.2) is 0 Å². The molecule has 0 aliphatic carbocycles. The second-order valence-electron chi connectivity index (χ2n) is 6.49. The van der Waals surface area contributed by atoms with Gasteiger partial charge in [0.25, 0.3) is 0 Å². The first kappa shape index (κ1) is 19.7. The van der Waals surface area contributed by atoms with E-state index < -0.39 is 11.6 Å². The van der Waals surface area contributed by atoms with Gasteiger partial charge < -0.3 is 15.3 Å². The van der Waals surface area contributed by atoms with Crippen LogP contribution in [0.4, 0.5) is 5.69 Å². The minimum atomic E-state index is -1.05. The van der Waals surface area contributed by atoms with Crippen LogP contribution in [0.1, 0.15) is 10.4 Å². The number of fused-ring (bicyclic) bond motifs is 2. The SMILES string of the molecule is Nc1ccncc1C(=O)O.O=c1oc(-c2cccc3ccccc23)nc2ccncc12. The lowest BCUT2D eigenvalue weighted by molar-refractivity contribution is 0.0697. The lowest BCUT2D eigenvalue weighted by Gasteiger charge is -2.05. The Balaban J connectivity index is 0.000000196. The largest absolute Gasteiger partial charge is 0.478 e. The van der Waals surface area contributed by atoms with Crippen molar-refractivity contribution >= 4 is 33.3 Å². The highest BCUT2D eigenvalue weighted by Gasteiger charge is 2.11. The van der Waals surface area contributed by atoms with Crippen LogP contribution in [0.15, 0.2) is 88.6 Å². The molecule has 0 atom stereocenters. The highest BCUT2D eigenvalue weighted by Crippen LogP contribution is 2.27. The summed E-state index contributed by atoms with van der Waals surface area (Å²) in [6, 6.07) is 16.9. The predicted octanol–water partition coefficient (Wildman–Crippen LogP) is 3.77. The number of nitrogen functional groups attached to an aromatic ring is 1. The van der Waals surface area contributed by atoms with E-state index in [1.54, 1.807) is 12.3 Å². The van der Waals surface area contributed by atoms with Crippen molar-refractivity contribution in [2.75, 3.05) is 5.73 Å². The topological polar surface area (TPSA) is 132 Å². The van der Waals surface area contributed by atoms with Gasteiger partial charge in [-0.15, -0.1) is 0 Å². The first-order valence-electron chi connectivity index (χ1n) is 9.20. The van der Waals surface area contributed by atoms with Crippen molar-refractivity contribution in [1.82, 2.24) is 15.0 Å². The summed E-state index contributed by atoms with van der Waals surface area (Å²) < 4.78 is 5.38. The zero-order valence-electron chi connectivity index (χ0n) is 16.1. The Bertz CT molecular complexity index is 1460. The van der Waals surface area contributed by atoms with E-state index in [9.17, 15) is 9.59 Å². The van der Waals surface area contributed by atoms with Gasteiger partial charge in [0.1, 0.15) is 10.9 Å². The number of aromatic nitrogens is 3. The van der Waals surface area contributed by atoms with E-state index >= 15 is 0 Å². The summed E-state index contributed by atoms with van der Waals surface area (Å²) in [4.78, 5) is 34.3. The molecule has 0 aliphatic rings. The highest BCUT2D eigenvalue weighted by molar-refractivity contribution is 5.95. The molecule has 3 N–H and O–H groups in total. The Morgan fingerprint density at radius 3 is 2.42 bits per heavy atom. The summed E-state index contributed by atoms with van der Waals surface area (Å²) in [5.41, 5.74) is 6.56. The number of benzene rings is 2. The lowest BCUT2D eigenvalue weighted by Crippen LogP contribution is -2.03. The van der Waals surface area contributed by atoms with Crippen LogP contribution in [0.5, 0.6) is 0 Å². The Morgan fingerprint density at radius 1 is 0.903 bits per heavy atom. The third-order valence-electron chi connectivity index (χ3n) is 4.53. The van der Waals surface area contributed by atoms with E-state index in [1.165, 1.54) is 24.7 Å². The average Bonchev–Trinajstić information content (AvgIpc) is 2.79. The van der Waals surface area contributed by atoms with Gasteiger partial charge in [-0.05, 0) is 29.0 Å². The maximum atomic E-state index is 12.1. The van der Waals surface area contributed by atoms with E-state index in [0.29, 0.717) is 16.8 Å². The predicted molar refractivity (Wildman–Crippen MR) is 117 cm³/mol. The molecule has 3 heterocycles. The number of pyridine rings is 2. The fourth-order valence-electron chi connectivity index (χ4n) is 3.03. The number of carboxylic acid groups (broad SMARTS) is 1. The van der Waals surface area contributed by atoms with E-state index in [0.717, 1.165) is 16.3 Å². The third-order valence-corrected chi connectivity index (χ3v) is 4.53. The molecule has 31 heavy (non-hydrogen) atoms. The van der Waals surface area contributed by atoms with Gasteiger partial charge in [-0.3, -0.25) is 9.97 Å². The number of carboxylic acids is 1. The van der Waals surface area contributed by atoms with E-state index in [-0.39, 0.29) is 11.3 Å². The Morgan fingerprint density at radius 2 is 1.65 bits per heavy atom. The summed E-state index contributed by atoms with van der Waals surface area (Å²) in [6.07, 6.45) is 5.75. The molecule has 0 amide bonds. The zero-order valence-corrected chi connectivity index (χ0v) is 16.1. The molecule has 0 bridgehead atoms. The van der Waals surface area contributed by atoms with Crippen molar-refractivity contribution in [3.63, 3.8) is 0 Å². The molecule has 0 fully saturated rings. The van der Waals surface area contributed by atoms with Crippen molar-refractivity contribution in [1.29, 1.82) is 0 Å². The standard InChI is InChI=1S/C17H10N2O2.C6H6N2O2/c20-17-14-10-18-9-8-15(14)19-16(21-17)13-7-3-5-11-4-1-2-6-12(11)13;7-5-1-2-8-3-4(5)6(9)10/h1-10H;1-3H,(H2,7,8)(H,9,10). The van der Waals surface area contributed by atoms with Gasteiger partial charge in [-0.25, -0.2) is 14.6 Å². The van der Waals surface area contributed by atoms with Crippen molar-refractivity contribution in [3.05, 3.63) is 95.4 Å². The van der Waals surface area contributed by atoms with E-state index in [1.807, 2.05) is 42.5 Å². The van der Waals surface area contributed by atoms with Crippen LogP contribution >= 0.6 is 0 Å². The molecule has 3 aromatic heterocycles. The third kappa shape index (κ3) is 4.08. The molecular weight excluding hydrogens is 396 g/mol. The van der Waals surface area contributed by atoms with Gasteiger partial charge >= 0.3 is 11.6 Å². The number of rotatable bonds is 2. The molecule has 8 nitrogen and oxygen atoms in total. The first-order chi connectivity index (χ1) is 15.0. The number of nitrogens with zero attached hydrogens (tertiary/aromatic N) is 3. The molecule has 0 unspecified atom stereocenters. The van der Waals surface area contributed by atoms with Crippen LogP contribution in [0.3, 0.4) is 0 Å². The molecule has 0 spiro atoms. The minimum Gasteiger partial charge on any atom is -0.478 e. The maximum Gasteiger partial charge on any atom is 0.348 e. The molecule has 5 aromatic rings. The molecule has 0 saturated heterocycles. The van der Waals surface area contributed by atoms with Gasteiger partial charge in [0, 0.05) is 36.0 Å². The van der Waals surface area contributed by atoms with E-state index in [2.05, 4.69) is 15.0 Å². The average molecular weight is 412 g/mol. The monoisotopic (exact) mass is 412 g/mol. The number of hydrogen-bond donors (Lipinski definition) is 2. The van der Waals surface area contributed by atoms with Crippen molar-refractivity contribution in [3.8, 4) is 11.5 Å². The van der Waals surface area contributed by atoms with Crippen LogP contribution in [-0.4, -0.2) is 26.0 Å². The van der Waals surface area contributed by atoms with Crippen LogP contribution in [0.2, 0.25) is 0 Å². The number of aromatic carboxylic acids is 1. The van der Waals surface area contributed by atoms with E-state index in [4.69, 9.17) is 15.3 Å². The van der Waals surface area contributed by atoms with Crippen LogP contribution in [-0.2, 0) is 0 Å². The second-order valence-corrected chi connectivity index (χ2v) is 6.49. The number of hydrogen-bond acceptors (Lipinski definition) is 7. The lowest BCUT2D eigenvalue weighted by atomic mass is 10.0. The molecular formula is C23H16N4O4. The summed E-state index contributed by atoms with van der Waals surface area (Å²) in [6.45, 7) is 0. The molecule has 8 heteroatoms. The first-order valence-corrected chi connectivity index (χ1v) is 9.20. The quantitative estimate of drug-likeness (QED) is 0.448. The zero-order chi connectivity index (χ0) is 21.8. The van der Waals surface area contributed by atoms with Crippen molar-refractivity contribution in [2.45, 2.75) is 0 Å². The molecule has 0 aliphatic heterocycles. The summed E-state index contributed by atoms with van der Waals surface area (Å²) in [7, 11) is 0. The Labute approximate surface area is 175 Å². The summed E-state index contributed by atoms with van der Waals surface area (Å²) in [5, 5.41) is 10.9. The molecule has 0 saturated carbocycles. The maximum absolute atomic E-state index is 12.1. The van der Waals surface area contributed by atoms with Gasteiger partial charge in [0.05, 0.1) is 5.52 Å². The fraction of sp³-hybridized carbons (Fsp3) is 0. The molecule has 152 valence electrons. The van der Waals surface area contributed by atoms with Gasteiger partial charge in [-0.2, -0.15) is 0 Å². The number of anilines is 1. The second kappa shape index (κ2) is 8.42. The molecule has 5 rings (SSSR count). The van der Waals surface area contributed by atoms with Crippen LogP contribution in [0, 0.1) is 0 Å². The smallest absolute Gasteiger partial charge is 0.348 e. The van der Waals surface area contributed by atoms with Crippen molar-refractivity contribution in [2.24, 2.45) is 0 Å². The molecule has 0 radical (unpaired) electrons. The van der Waals surface area contributed by atoms with Crippen LogP contribution < -0.4 is 11.4 Å². The number of carbonyl (C=O) groups is 1. The van der Waals surface area contributed by atoms with Gasteiger partial charge in [-0.1, -0.05) is 36.4 Å². The highest BCUT2D eigenvalue weighted by atomic mass is 16.4. The van der Waals surface area contributed by atoms with Gasteiger partial charge in [0.2, 0.25) is 5.89 Å². The fourth-order valence-corrected chi connectivity index (χ4v) is 3.03. The minimum absolute atomic E-state index is 0.0440. The normalized spacial score (nSPS) is 10.5. The molecule has 2 aromatic carbocycles. The Kier molecular flexibility index (Phi) is 5.35. The number of nitrogens with two attached hydrogens (primary N) is 1. The van der Waals surface area contributed by atoms with Crippen molar-refractivity contribution < 1.29 is 14.3 Å². The summed E-state index contributed by atoms with van der Waals surface area (Å²) in [5.74, 6) is -0.721. The van der Waals surface area contributed by atoms with Crippen LogP contribution in [0.25, 0.3) is 33.1 Å².